The number of nitrogens with zero attached hydrogens (tertiary/aromatic N) is 2. The highest BCUT2D eigenvalue weighted by Gasteiger charge is 2.22. The van der Waals surface area contributed by atoms with E-state index in [4.69, 9.17) is 0 Å². The van der Waals surface area contributed by atoms with Crippen molar-refractivity contribution in [2.24, 2.45) is 7.05 Å². The van der Waals surface area contributed by atoms with Crippen molar-refractivity contribution in [2.75, 3.05) is 0 Å². The zero-order valence-corrected chi connectivity index (χ0v) is 18.2. The first-order chi connectivity index (χ1) is 16.3. The SMILES string of the molecule is Cn1c2cccc3c4cccc5c6ccccc6n(c6c(-c7ccccc7)ccc1c6c32)c45. The van der Waals surface area contributed by atoms with Gasteiger partial charge >= 0.3 is 0 Å². The van der Waals surface area contributed by atoms with Gasteiger partial charge in [-0.25, -0.2) is 0 Å². The summed E-state index contributed by atoms with van der Waals surface area (Å²) in [4.78, 5) is 0. The predicted molar refractivity (Wildman–Crippen MR) is 141 cm³/mol. The molecule has 0 radical (unpaired) electrons. The monoisotopic (exact) mass is 420 g/mol. The number of aryl methyl sites for hydroxylation is 1. The largest absolute Gasteiger partial charge is 0.344 e. The van der Waals surface area contributed by atoms with Gasteiger partial charge in [-0.2, -0.15) is 0 Å². The van der Waals surface area contributed by atoms with Crippen LogP contribution in [0.25, 0.3) is 71.0 Å². The van der Waals surface area contributed by atoms with Gasteiger partial charge in [0.1, 0.15) is 0 Å². The normalized spacial score (nSPS) is 12.4. The molecule has 8 aromatic rings. The molecule has 3 aromatic heterocycles. The number of fused-ring (bicyclic) bond motifs is 5. The summed E-state index contributed by atoms with van der Waals surface area (Å²) in [7, 11) is 2.19. The van der Waals surface area contributed by atoms with Crippen molar-refractivity contribution in [2.45, 2.75) is 0 Å². The molecule has 0 N–H and O–H groups in total. The Kier molecular flexibility index (Phi) is 3.11. The van der Waals surface area contributed by atoms with Gasteiger partial charge in [-0.1, -0.05) is 84.9 Å². The minimum absolute atomic E-state index is 1.24. The Balaban J connectivity index is 1.86. The minimum atomic E-state index is 1.24. The standard InChI is InChI=1S/C31H20N2/c1-32-26-16-8-12-22-24-14-7-13-23-21-11-5-6-15-25(21)33(30(23)24)31-20(19-9-3-2-4-10-19)17-18-27(32)29(31)28(22)26/h2-18H,1H3. The van der Waals surface area contributed by atoms with E-state index in [0.717, 1.165) is 0 Å². The topological polar surface area (TPSA) is 9.34 Å². The van der Waals surface area contributed by atoms with Crippen LogP contribution in [0.1, 0.15) is 0 Å². The zero-order valence-electron chi connectivity index (χ0n) is 18.2. The molecule has 33 heavy (non-hydrogen) atoms. The lowest BCUT2D eigenvalue weighted by Gasteiger charge is -2.10. The maximum absolute atomic E-state index is 2.53. The molecule has 0 spiro atoms. The van der Waals surface area contributed by atoms with E-state index in [2.05, 4.69) is 119 Å². The molecule has 0 bridgehead atoms. The summed E-state index contributed by atoms with van der Waals surface area (Å²) in [6, 6.07) is 37.8. The van der Waals surface area contributed by atoms with Crippen LogP contribution in [0.2, 0.25) is 0 Å². The van der Waals surface area contributed by atoms with Crippen LogP contribution >= 0.6 is 0 Å². The fourth-order valence-electron chi connectivity index (χ4n) is 6.09. The first kappa shape index (κ1) is 17.3. The molecule has 0 aliphatic heterocycles. The predicted octanol–water partition coefficient (Wildman–Crippen LogP) is 8.15. The number of hydrogen-bond acceptors (Lipinski definition) is 0. The molecule has 0 saturated carbocycles. The molecule has 0 saturated heterocycles. The minimum Gasteiger partial charge on any atom is -0.344 e. The Labute approximate surface area is 190 Å². The number of hydrogen-bond donors (Lipinski definition) is 0. The molecule has 2 nitrogen and oxygen atoms in total. The third-order valence-electron chi connectivity index (χ3n) is 7.46. The summed E-state index contributed by atoms with van der Waals surface area (Å²) in [5.41, 5.74) is 8.91. The zero-order chi connectivity index (χ0) is 21.7. The Morgan fingerprint density at radius 2 is 1.09 bits per heavy atom. The summed E-state index contributed by atoms with van der Waals surface area (Å²) < 4.78 is 4.88. The summed E-state index contributed by atoms with van der Waals surface area (Å²) >= 11 is 0. The van der Waals surface area contributed by atoms with Crippen LogP contribution in [-0.2, 0) is 7.05 Å². The van der Waals surface area contributed by atoms with Crippen LogP contribution in [0.4, 0.5) is 0 Å². The van der Waals surface area contributed by atoms with E-state index in [9.17, 15) is 0 Å². The second-order valence-electron chi connectivity index (χ2n) is 9.03. The van der Waals surface area contributed by atoms with Crippen molar-refractivity contribution >= 4 is 59.9 Å². The van der Waals surface area contributed by atoms with Gasteiger partial charge in [0.2, 0.25) is 0 Å². The summed E-state index contributed by atoms with van der Waals surface area (Å²) in [6.07, 6.45) is 0. The Morgan fingerprint density at radius 1 is 0.455 bits per heavy atom. The van der Waals surface area contributed by atoms with Crippen LogP contribution in [0, 0.1) is 0 Å². The van der Waals surface area contributed by atoms with Crippen LogP contribution < -0.4 is 0 Å². The molecule has 0 aliphatic carbocycles. The van der Waals surface area contributed by atoms with E-state index in [1.807, 2.05) is 0 Å². The Morgan fingerprint density at radius 3 is 1.97 bits per heavy atom. The van der Waals surface area contributed by atoms with Gasteiger partial charge in [0, 0.05) is 45.1 Å². The summed E-state index contributed by atoms with van der Waals surface area (Å²) in [5, 5.41) is 7.92. The van der Waals surface area contributed by atoms with E-state index >= 15 is 0 Å². The molecular weight excluding hydrogens is 400 g/mol. The first-order valence-electron chi connectivity index (χ1n) is 11.5. The maximum atomic E-state index is 2.53. The smallest absolute Gasteiger partial charge is 0.0641 e. The average Bonchev–Trinajstić information content (AvgIpc) is 3.32. The molecule has 8 rings (SSSR count). The third-order valence-corrected chi connectivity index (χ3v) is 7.46. The Hall–Kier alpha value is -4.30. The number of para-hydroxylation sites is 2. The molecule has 0 aliphatic rings. The van der Waals surface area contributed by atoms with E-state index in [1.165, 1.54) is 71.0 Å². The molecule has 0 amide bonds. The van der Waals surface area contributed by atoms with Crippen molar-refractivity contribution in [1.82, 2.24) is 8.97 Å². The van der Waals surface area contributed by atoms with E-state index in [0.29, 0.717) is 0 Å². The van der Waals surface area contributed by atoms with Crippen molar-refractivity contribution in [1.29, 1.82) is 0 Å². The molecule has 0 fully saturated rings. The van der Waals surface area contributed by atoms with Gasteiger partial charge < -0.3 is 8.97 Å². The van der Waals surface area contributed by atoms with Crippen LogP contribution in [0.15, 0.2) is 103 Å². The third kappa shape index (κ3) is 2.00. The van der Waals surface area contributed by atoms with Gasteiger partial charge in [-0.15, -0.1) is 0 Å². The van der Waals surface area contributed by atoms with Crippen molar-refractivity contribution in [3.05, 3.63) is 103 Å². The van der Waals surface area contributed by atoms with Crippen molar-refractivity contribution in [3.63, 3.8) is 0 Å². The lowest BCUT2D eigenvalue weighted by molar-refractivity contribution is 1.01. The lowest BCUT2D eigenvalue weighted by atomic mass is 9.99. The molecular formula is C31H20N2. The highest BCUT2D eigenvalue weighted by molar-refractivity contribution is 6.32. The molecule has 0 atom stereocenters. The van der Waals surface area contributed by atoms with Gasteiger partial charge in [0.15, 0.2) is 0 Å². The first-order valence-corrected chi connectivity index (χ1v) is 11.5. The molecule has 2 heteroatoms. The van der Waals surface area contributed by atoms with Gasteiger partial charge in [-0.3, -0.25) is 0 Å². The summed E-state index contributed by atoms with van der Waals surface area (Å²) in [6.45, 7) is 0. The highest BCUT2D eigenvalue weighted by atomic mass is 15.0. The van der Waals surface area contributed by atoms with Crippen molar-refractivity contribution < 1.29 is 0 Å². The van der Waals surface area contributed by atoms with Crippen molar-refractivity contribution in [3.8, 4) is 11.1 Å². The van der Waals surface area contributed by atoms with E-state index in [1.54, 1.807) is 0 Å². The molecule has 3 heterocycles. The average molecular weight is 421 g/mol. The maximum Gasteiger partial charge on any atom is 0.0641 e. The second kappa shape index (κ2) is 5.93. The highest BCUT2D eigenvalue weighted by Crippen LogP contribution is 2.45. The van der Waals surface area contributed by atoms with E-state index < -0.39 is 0 Å². The summed E-state index contributed by atoms with van der Waals surface area (Å²) in [5.74, 6) is 0. The molecule has 5 aromatic carbocycles. The lowest BCUT2D eigenvalue weighted by Crippen LogP contribution is -1.92. The van der Waals surface area contributed by atoms with Gasteiger partial charge in [0.05, 0.1) is 22.1 Å². The molecule has 0 unspecified atom stereocenters. The number of rotatable bonds is 1. The van der Waals surface area contributed by atoms with Gasteiger partial charge in [0.25, 0.3) is 0 Å². The van der Waals surface area contributed by atoms with E-state index in [-0.39, 0.29) is 0 Å². The fraction of sp³-hybridized carbons (Fsp3) is 0.0323. The second-order valence-corrected chi connectivity index (χ2v) is 9.03. The Bertz CT molecular complexity index is 2020. The number of benzene rings is 5. The fourth-order valence-corrected chi connectivity index (χ4v) is 6.09. The van der Waals surface area contributed by atoms with Gasteiger partial charge in [-0.05, 0) is 29.1 Å². The quantitative estimate of drug-likeness (QED) is 0.253. The van der Waals surface area contributed by atoms with Crippen LogP contribution in [0.5, 0.6) is 0 Å². The van der Waals surface area contributed by atoms with Crippen LogP contribution in [0.3, 0.4) is 0 Å². The molecule has 154 valence electrons. The number of aromatic nitrogens is 2. The van der Waals surface area contributed by atoms with Crippen LogP contribution in [-0.4, -0.2) is 8.97 Å².